The average Bonchev–Trinajstić information content (AvgIpc) is 2.38. The van der Waals surface area contributed by atoms with E-state index in [2.05, 4.69) is 6.92 Å². The van der Waals surface area contributed by atoms with Crippen molar-refractivity contribution in [1.29, 1.82) is 0 Å². The predicted octanol–water partition coefficient (Wildman–Crippen LogP) is 4.33. The van der Waals surface area contributed by atoms with Gasteiger partial charge in [0.1, 0.15) is 0 Å². The molecule has 0 atom stereocenters. The van der Waals surface area contributed by atoms with E-state index in [4.69, 9.17) is 4.74 Å². The Labute approximate surface area is 106 Å². The van der Waals surface area contributed by atoms with Gasteiger partial charge in [-0.3, -0.25) is 4.79 Å². The molecule has 1 fully saturated rings. The molecule has 0 spiro atoms. The summed E-state index contributed by atoms with van der Waals surface area (Å²) in [5.41, 5.74) is 0. The van der Waals surface area contributed by atoms with Crippen LogP contribution in [0.25, 0.3) is 0 Å². The molecule has 0 radical (unpaired) electrons. The molecular formula is C15H28O2. The largest absolute Gasteiger partial charge is 0.469 e. The molecule has 1 saturated carbocycles. The third kappa shape index (κ3) is 5.56. The number of unbranched alkanes of at least 4 members (excludes halogenated alkanes) is 4. The number of rotatable bonds is 7. The van der Waals surface area contributed by atoms with Gasteiger partial charge in [-0.15, -0.1) is 0 Å². The number of carbonyl (C=O) groups excluding carboxylic acids is 1. The maximum atomic E-state index is 11.4. The first-order valence-corrected chi connectivity index (χ1v) is 7.35. The van der Waals surface area contributed by atoms with Crippen LogP contribution in [0.4, 0.5) is 0 Å². The molecular weight excluding hydrogens is 212 g/mol. The van der Waals surface area contributed by atoms with Crippen molar-refractivity contribution in [3.8, 4) is 0 Å². The van der Waals surface area contributed by atoms with Crippen LogP contribution in [-0.4, -0.2) is 13.1 Å². The molecule has 1 aliphatic rings. The number of hydrogen-bond acceptors (Lipinski definition) is 2. The van der Waals surface area contributed by atoms with Gasteiger partial charge in [-0.25, -0.2) is 0 Å². The van der Waals surface area contributed by atoms with Crippen LogP contribution in [0.5, 0.6) is 0 Å². The Bertz CT molecular complexity index is 205. The van der Waals surface area contributed by atoms with Crippen LogP contribution in [0.3, 0.4) is 0 Å². The molecule has 0 aromatic carbocycles. The van der Waals surface area contributed by atoms with Crippen LogP contribution >= 0.6 is 0 Å². The van der Waals surface area contributed by atoms with Gasteiger partial charge in [0.25, 0.3) is 0 Å². The van der Waals surface area contributed by atoms with Gasteiger partial charge in [-0.1, -0.05) is 45.4 Å². The number of esters is 1. The first-order chi connectivity index (χ1) is 8.27. The van der Waals surface area contributed by atoms with Crippen molar-refractivity contribution < 1.29 is 9.53 Å². The first kappa shape index (κ1) is 14.5. The number of hydrogen-bond donors (Lipinski definition) is 0. The Morgan fingerprint density at radius 2 is 1.71 bits per heavy atom. The number of ether oxygens (including phenoxy) is 1. The second-order valence-electron chi connectivity index (χ2n) is 5.44. The van der Waals surface area contributed by atoms with E-state index in [1.54, 1.807) is 0 Å². The molecule has 2 heteroatoms. The van der Waals surface area contributed by atoms with Crippen molar-refractivity contribution in [3.05, 3.63) is 0 Å². The van der Waals surface area contributed by atoms with E-state index in [1.165, 1.54) is 58.5 Å². The highest BCUT2D eigenvalue weighted by atomic mass is 16.5. The van der Waals surface area contributed by atoms with Crippen molar-refractivity contribution in [2.45, 2.75) is 71.1 Å². The van der Waals surface area contributed by atoms with Crippen molar-refractivity contribution in [2.75, 3.05) is 7.11 Å². The first-order valence-electron chi connectivity index (χ1n) is 7.35. The van der Waals surface area contributed by atoms with E-state index in [0.717, 1.165) is 18.8 Å². The second-order valence-corrected chi connectivity index (χ2v) is 5.44. The fourth-order valence-corrected chi connectivity index (χ4v) is 2.89. The lowest BCUT2D eigenvalue weighted by atomic mass is 9.80. The second kappa shape index (κ2) is 8.54. The monoisotopic (exact) mass is 240 g/mol. The maximum absolute atomic E-state index is 11.4. The summed E-state index contributed by atoms with van der Waals surface area (Å²) in [6.07, 6.45) is 12.8. The molecule has 1 aliphatic carbocycles. The fraction of sp³-hybridized carbons (Fsp3) is 0.933. The van der Waals surface area contributed by atoms with Crippen molar-refractivity contribution in [3.63, 3.8) is 0 Å². The summed E-state index contributed by atoms with van der Waals surface area (Å²) in [5, 5.41) is 0. The van der Waals surface area contributed by atoms with Gasteiger partial charge in [0.05, 0.1) is 13.0 Å². The minimum atomic E-state index is 0.00592. The summed E-state index contributed by atoms with van der Waals surface area (Å²) in [6.45, 7) is 2.26. The van der Waals surface area contributed by atoms with E-state index in [0.29, 0.717) is 0 Å². The molecule has 0 unspecified atom stereocenters. The molecule has 0 heterocycles. The molecule has 0 aromatic heterocycles. The maximum Gasteiger partial charge on any atom is 0.308 e. The van der Waals surface area contributed by atoms with Crippen LogP contribution < -0.4 is 0 Å². The standard InChI is InChI=1S/C15H28O2/c1-3-4-5-6-7-8-13-9-11-14(12-10-13)15(16)17-2/h13-14H,3-12H2,1-2H3. The highest BCUT2D eigenvalue weighted by Crippen LogP contribution is 2.32. The lowest BCUT2D eigenvalue weighted by Crippen LogP contribution is -2.22. The molecule has 0 N–H and O–H groups in total. The topological polar surface area (TPSA) is 26.3 Å². The fourth-order valence-electron chi connectivity index (χ4n) is 2.89. The summed E-state index contributed by atoms with van der Waals surface area (Å²) in [4.78, 5) is 11.4. The number of carbonyl (C=O) groups is 1. The summed E-state index contributed by atoms with van der Waals surface area (Å²) >= 11 is 0. The van der Waals surface area contributed by atoms with Crippen LogP contribution in [-0.2, 0) is 9.53 Å². The van der Waals surface area contributed by atoms with Gasteiger partial charge < -0.3 is 4.74 Å². The van der Waals surface area contributed by atoms with Crippen molar-refractivity contribution in [2.24, 2.45) is 11.8 Å². The summed E-state index contributed by atoms with van der Waals surface area (Å²) in [6, 6.07) is 0. The van der Waals surface area contributed by atoms with Gasteiger partial charge in [-0.2, -0.15) is 0 Å². The summed E-state index contributed by atoms with van der Waals surface area (Å²) in [7, 11) is 1.50. The Balaban J connectivity index is 2.05. The smallest absolute Gasteiger partial charge is 0.308 e. The van der Waals surface area contributed by atoms with Crippen LogP contribution in [0.2, 0.25) is 0 Å². The average molecular weight is 240 g/mol. The summed E-state index contributed by atoms with van der Waals surface area (Å²) in [5.74, 6) is 1.07. The van der Waals surface area contributed by atoms with Gasteiger partial charge in [0.15, 0.2) is 0 Å². The van der Waals surface area contributed by atoms with E-state index in [1.807, 2.05) is 0 Å². The van der Waals surface area contributed by atoms with Gasteiger partial charge >= 0.3 is 5.97 Å². The quantitative estimate of drug-likeness (QED) is 0.489. The van der Waals surface area contributed by atoms with E-state index in [-0.39, 0.29) is 11.9 Å². The molecule has 0 amide bonds. The highest BCUT2D eigenvalue weighted by Gasteiger charge is 2.26. The van der Waals surface area contributed by atoms with Crippen LogP contribution in [0.15, 0.2) is 0 Å². The van der Waals surface area contributed by atoms with E-state index >= 15 is 0 Å². The van der Waals surface area contributed by atoms with Crippen molar-refractivity contribution >= 4 is 5.97 Å². The van der Waals surface area contributed by atoms with Crippen LogP contribution in [0, 0.1) is 11.8 Å². The molecule has 0 bridgehead atoms. The van der Waals surface area contributed by atoms with Crippen LogP contribution in [0.1, 0.15) is 71.1 Å². The minimum Gasteiger partial charge on any atom is -0.469 e. The Morgan fingerprint density at radius 3 is 2.29 bits per heavy atom. The zero-order valence-corrected chi connectivity index (χ0v) is 11.5. The zero-order valence-electron chi connectivity index (χ0n) is 11.5. The third-order valence-corrected chi connectivity index (χ3v) is 4.10. The lowest BCUT2D eigenvalue weighted by molar-refractivity contribution is -0.146. The third-order valence-electron chi connectivity index (χ3n) is 4.10. The Kier molecular flexibility index (Phi) is 7.30. The normalized spacial score (nSPS) is 24.6. The predicted molar refractivity (Wildman–Crippen MR) is 70.8 cm³/mol. The molecule has 2 nitrogen and oxygen atoms in total. The molecule has 0 aliphatic heterocycles. The van der Waals surface area contributed by atoms with E-state index < -0.39 is 0 Å². The van der Waals surface area contributed by atoms with Gasteiger partial charge in [0.2, 0.25) is 0 Å². The SMILES string of the molecule is CCCCCCCC1CCC(C(=O)OC)CC1. The van der Waals surface area contributed by atoms with E-state index in [9.17, 15) is 4.79 Å². The Hall–Kier alpha value is -0.530. The number of methoxy groups -OCH3 is 1. The minimum absolute atomic E-state index is 0.00592. The zero-order chi connectivity index (χ0) is 12.5. The molecule has 1 rings (SSSR count). The highest BCUT2D eigenvalue weighted by molar-refractivity contribution is 5.72. The molecule has 0 saturated heterocycles. The van der Waals surface area contributed by atoms with Gasteiger partial charge in [0, 0.05) is 0 Å². The molecule has 17 heavy (non-hydrogen) atoms. The molecule has 100 valence electrons. The molecule has 0 aromatic rings. The Morgan fingerprint density at radius 1 is 1.06 bits per heavy atom. The van der Waals surface area contributed by atoms with Crippen molar-refractivity contribution in [1.82, 2.24) is 0 Å². The van der Waals surface area contributed by atoms with Gasteiger partial charge in [-0.05, 0) is 31.6 Å². The summed E-state index contributed by atoms with van der Waals surface area (Å²) < 4.78 is 4.81. The lowest BCUT2D eigenvalue weighted by Gasteiger charge is -2.26.